The molecule has 4 nitrogen and oxygen atoms in total. The number of ether oxygens (including phenoxy) is 1. The molecular formula is C15H17N2O2+. The lowest BCUT2D eigenvalue weighted by atomic mass is 10.1. The molecule has 1 aromatic heterocycles. The summed E-state index contributed by atoms with van der Waals surface area (Å²) in [5.41, 5.74) is 1.72. The first kappa shape index (κ1) is 13.2. The van der Waals surface area contributed by atoms with E-state index in [9.17, 15) is 4.79 Å². The fourth-order valence-electron chi connectivity index (χ4n) is 1.69. The maximum atomic E-state index is 11.6. The van der Waals surface area contributed by atoms with Gasteiger partial charge in [-0.2, -0.15) is 4.57 Å². The molecule has 0 saturated carbocycles. The lowest BCUT2D eigenvalue weighted by Gasteiger charge is -2.03. The molecule has 2 aromatic rings. The zero-order valence-corrected chi connectivity index (χ0v) is 11.0. The Bertz CT molecular complexity index is 524. The molecule has 0 aliphatic heterocycles. The number of rotatable bonds is 5. The molecule has 0 bridgehead atoms. The minimum Gasteiger partial charge on any atom is -0.462 e. The summed E-state index contributed by atoms with van der Waals surface area (Å²) < 4.78 is 7.11. The summed E-state index contributed by atoms with van der Waals surface area (Å²) in [5.74, 6) is -0.259. The van der Waals surface area contributed by atoms with Crippen LogP contribution in [0.1, 0.15) is 29.3 Å². The highest BCUT2D eigenvalue weighted by atomic mass is 16.5. The number of aromatic nitrogens is 2. The Morgan fingerprint density at radius 2 is 1.89 bits per heavy atom. The van der Waals surface area contributed by atoms with Gasteiger partial charge in [0.1, 0.15) is 0 Å². The molecule has 19 heavy (non-hydrogen) atoms. The quantitative estimate of drug-likeness (QED) is 0.607. The van der Waals surface area contributed by atoms with Crippen molar-refractivity contribution in [2.24, 2.45) is 0 Å². The van der Waals surface area contributed by atoms with Gasteiger partial charge in [-0.05, 0) is 18.6 Å². The fourth-order valence-corrected chi connectivity index (χ4v) is 1.69. The van der Waals surface area contributed by atoms with Crippen LogP contribution < -0.4 is 4.57 Å². The number of nitrogens with zero attached hydrogens (tertiary/aromatic N) is 2. The van der Waals surface area contributed by atoms with E-state index in [0.717, 1.165) is 18.5 Å². The van der Waals surface area contributed by atoms with Crippen molar-refractivity contribution in [1.82, 2.24) is 4.98 Å². The third kappa shape index (κ3) is 3.88. The van der Waals surface area contributed by atoms with Crippen LogP contribution in [0, 0.1) is 0 Å². The number of carbonyl (C=O) groups is 1. The summed E-state index contributed by atoms with van der Waals surface area (Å²) in [6.45, 7) is 3.20. The summed E-state index contributed by atoms with van der Waals surface area (Å²) in [5, 5.41) is 0. The van der Waals surface area contributed by atoms with Crippen molar-refractivity contribution in [3.8, 4) is 0 Å². The Labute approximate surface area is 112 Å². The summed E-state index contributed by atoms with van der Waals surface area (Å²) in [7, 11) is 0. The topological polar surface area (TPSA) is 43.1 Å². The van der Waals surface area contributed by atoms with Gasteiger partial charge in [-0.25, -0.2) is 4.79 Å². The Morgan fingerprint density at radius 1 is 1.21 bits per heavy atom. The normalized spacial score (nSPS) is 10.2. The van der Waals surface area contributed by atoms with Crippen LogP contribution >= 0.6 is 0 Å². The van der Waals surface area contributed by atoms with Crippen LogP contribution in [-0.4, -0.2) is 17.6 Å². The first-order valence-corrected chi connectivity index (χ1v) is 6.34. The van der Waals surface area contributed by atoms with Crippen LogP contribution in [0.25, 0.3) is 0 Å². The van der Waals surface area contributed by atoms with Crippen LogP contribution in [-0.2, 0) is 11.3 Å². The highest BCUT2D eigenvalue weighted by Gasteiger charge is 2.07. The maximum Gasteiger partial charge on any atom is 0.338 e. The van der Waals surface area contributed by atoms with Crippen LogP contribution in [0.15, 0.2) is 49.1 Å². The summed E-state index contributed by atoms with van der Waals surface area (Å²) >= 11 is 0. The summed E-state index contributed by atoms with van der Waals surface area (Å²) in [6, 6.07) is 7.48. The largest absolute Gasteiger partial charge is 0.462 e. The lowest BCUT2D eigenvalue weighted by Crippen LogP contribution is -2.33. The van der Waals surface area contributed by atoms with E-state index in [1.54, 1.807) is 24.5 Å². The maximum absolute atomic E-state index is 11.6. The van der Waals surface area contributed by atoms with Gasteiger partial charge < -0.3 is 4.74 Å². The van der Waals surface area contributed by atoms with E-state index in [0.29, 0.717) is 12.2 Å². The number of hydrogen-bond acceptors (Lipinski definition) is 3. The van der Waals surface area contributed by atoms with Gasteiger partial charge in [-0.15, -0.1) is 0 Å². The predicted octanol–water partition coefficient (Wildman–Crippen LogP) is 1.98. The first-order chi connectivity index (χ1) is 9.29. The molecule has 0 radical (unpaired) electrons. The summed E-state index contributed by atoms with van der Waals surface area (Å²) in [4.78, 5) is 15.6. The molecule has 1 heterocycles. The standard InChI is InChI=1S/C15H17N2O2/c1-2-11-19-15(18)14-5-3-13(4-6-14)12-17-9-7-16-8-10-17/h3-10H,2,11-12H2,1H3/q+1. The highest BCUT2D eigenvalue weighted by Crippen LogP contribution is 2.06. The van der Waals surface area contributed by atoms with Gasteiger partial charge in [0.25, 0.3) is 0 Å². The summed E-state index contributed by atoms with van der Waals surface area (Å²) in [6.07, 6.45) is 8.14. The van der Waals surface area contributed by atoms with Gasteiger partial charge >= 0.3 is 5.97 Å². The van der Waals surface area contributed by atoms with E-state index in [1.165, 1.54) is 0 Å². The highest BCUT2D eigenvalue weighted by molar-refractivity contribution is 5.89. The van der Waals surface area contributed by atoms with Gasteiger partial charge in [-0.1, -0.05) is 19.1 Å². The van der Waals surface area contributed by atoms with Crippen molar-refractivity contribution in [3.63, 3.8) is 0 Å². The van der Waals surface area contributed by atoms with Gasteiger partial charge in [0.15, 0.2) is 18.9 Å². The average Bonchev–Trinajstić information content (AvgIpc) is 2.46. The van der Waals surface area contributed by atoms with Crippen molar-refractivity contribution in [2.75, 3.05) is 6.61 Å². The molecule has 0 fully saturated rings. The van der Waals surface area contributed by atoms with Crippen molar-refractivity contribution in [2.45, 2.75) is 19.9 Å². The van der Waals surface area contributed by atoms with E-state index < -0.39 is 0 Å². The second-order valence-electron chi connectivity index (χ2n) is 4.25. The Morgan fingerprint density at radius 3 is 2.53 bits per heavy atom. The van der Waals surface area contributed by atoms with E-state index in [4.69, 9.17) is 4.74 Å². The Balaban J connectivity index is 2.00. The molecule has 0 N–H and O–H groups in total. The molecular weight excluding hydrogens is 240 g/mol. The SMILES string of the molecule is CCCOC(=O)c1ccc(C[n+]2ccncc2)cc1. The monoisotopic (exact) mass is 257 g/mol. The van der Waals surface area contributed by atoms with Gasteiger partial charge in [-0.3, -0.25) is 4.98 Å². The van der Waals surface area contributed by atoms with E-state index in [1.807, 2.05) is 36.0 Å². The first-order valence-electron chi connectivity index (χ1n) is 6.34. The molecule has 0 unspecified atom stereocenters. The van der Waals surface area contributed by atoms with Crippen LogP contribution in [0.2, 0.25) is 0 Å². The second-order valence-corrected chi connectivity index (χ2v) is 4.25. The van der Waals surface area contributed by atoms with E-state index >= 15 is 0 Å². The van der Waals surface area contributed by atoms with Crippen molar-refractivity contribution in [3.05, 3.63) is 60.2 Å². The molecule has 4 heteroatoms. The number of carbonyl (C=O) groups excluding carboxylic acids is 1. The van der Waals surface area contributed by atoms with Crippen molar-refractivity contribution in [1.29, 1.82) is 0 Å². The minimum atomic E-state index is -0.259. The zero-order chi connectivity index (χ0) is 13.5. The molecule has 0 aliphatic rings. The van der Waals surface area contributed by atoms with Crippen LogP contribution in [0.5, 0.6) is 0 Å². The number of benzene rings is 1. The average molecular weight is 257 g/mol. The molecule has 0 aliphatic carbocycles. The number of hydrogen-bond donors (Lipinski definition) is 0. The van der Waals surface area contributed by atoms with Gasteiger partial charge in [0.05, 0.1) is 24.6 Å². The van der Waals surface area contributed by atoms with Crippen LogP contribution in [0.3, 0.4) is 0 Å². The van der Waals surface area contributed by atoms with Crippen molar-refractivity contribution >= 4 is 5.97 Å². The predicted molar refractivity (Wildman–Crippen MR) is 70.5 cm³/mol. The molecule has 0 spiro atoms. The molecule has 1 aromatic carbocycles. The lowest BCUT2D eigenvalue weighted by molar-refractivity contribution is -0.688. The molecule has 0 amide bonds. The minimum absolute atomic E-state index is 0.259. The van der Waals surface area contributed by atoms with Crippen LogP contribution in [0.4, 0.5) is 0 Å². The molecule has 2 rings (SSSR count). The van der Waals surface area contributed by atoms with Gasteiger partial charge in [0.2, 0.25) is 0 Å². The molecule has 0 atom stereocenters. The molecule has 98 valence electrons. The fraction of sp³-hybridized carbons (Fsp3) is 0.267. The zero-order valence-electron chi connectivity index (χ0n) is 11.0. The van der Waals surface area contributed by atoms with E-state index in [-0.39, 0.29) is 5.97 Å². The second kappa shape index (κ2) is 6.64. The Kier molecular flexibility index (Phi) is 4.61. The van der Waals surface area contributed by atoms with Crippen molar-refractivity contribution < 1.29 is 14.1 Å². The van der Waals surface area contributed by atoms with E-state index in [2.05, 4.69) is 4.98 Å². The smallest absolute Gasteiger partial charge is 0.338 e. The third-order valence-electron chi connectivity index (χ3n) is 2.68. The Hall–Kier alpha value is -2.23. The molecule has 0 saturated heterocycles. The third-order valence-corrected chi connectivity index (χ3v) is 2.68. The number of esters is 1. The van der Waals surface area contributed by atoms with Gasteiger partial charge in [0, 0.05) is 5.56 Å².